The number of carbonyl (C=O) groups is 2. The van der Waals surface area contributed by atoms with Gasteiger partial charge in [0.25, 0.3) is 0 Å². The van der Waals surface area contributed by atoms with Crippen LogP contribution in [0.3, 0.4) is 0 Å². The van der Waals surface area contributed by atoms with Gasteiger partial charge in [0.2, 0.25) is 0 Å². The van der Waals surface area contributed by atoms with E-state index in [0.29, 0.717) is 13.0 Å². The second kappa shape index (κ2) is 9.15. The standard InChI is InChI=1S/C11H20O5/c1-3-7-15-11(14)8-9(4-2)16-10(13)5-6-12/h9,12H,3-8H2,1-2H3. The molecule has 0 aromatic rings. The molecule has 1 N–H and O–H groups in total. The van der Waals surface area contributed by atoms with E-state index >= 15 is 0 Å². The van der Waals surface area contributed by atoms with E-state index in [1.54, 1.807) is 0 Å². The maximum Gasteiger partial charge on any atom is 0.309 e. The minimum Gasteiger partial charge on any atom is -0.466 e. The van der Waals surface area contributed by atoms with Crippen molar-refractivity contribution in [1.82, 2.24) is 0 Å². The van der Waals surface area contributed by atoms with Gasteiger partial charge in [-0.05, 0) is 12.8 Å². The molecule has 5 nitrogen and oxygen atoms in total. The first-order chi connectivity index (χ1) is 7.63. The molecule has 0 saturated heterocycles. The smallest absolute Gasteiger partial charge is 0.309 e. The molecule has 0 aromatic heterocycles. The predicted octanol–water partition coefficient (Wildman–Crippen LogP) is 1.03. The first-order valence-corrected chi connectivity index (χ1v) is 5.59. The molecule has 0 radical (unpaired) electrons. The lowest BCUT2D eigenvalue weighted by Crippen LogP contribution is -2.22. The van der Waals surface area contributed by atoms with Crippen LogP contribution in [0.5, 0.6) is 0 Å². The van der Waals surface area contributed by atoms with Crippen LogP contribution < -0.4 is 0 Å². The number of hydrogen-bond acceptors (Lipinski definition) is 5. The molecule has 0 heterocycles. The number of rotatable bonds is 8. The Labute approximate surface area is 95.7 Å². The van der Waals surface area contributed by atoms with Gasteiger partial charge >= 0.3 is 11.9 Å². The van der Waals surface area contributed by atoms with Crippen LogP contribution in [0, 0.1) is 0 Å². The Balaban J connectivity index is 3.90. The third-order valence-electron chi connectivity index (χ3n) is 1.93. The summed E-state index contributed by atoms with van der Waals surface area (Å²) in [4.78, 5) is 22.3. The molecule has 5 heteroatoms. The van der Waals surface area contributed by atoms with E-state index in [4.69, 9.17) is 14.6 Å². The van der Waals surface area contributed by atoms with Crippen LogP contribution in [-0.2, 0) is 19.1 Å². The van der Waals surface area contributed by atoms with E-state index in [-0.39, 0.29) is 25.4 Å². The summed E-state index contributed by atoms with van der Waals surface area (Å²) in [6.45, 7) is 3.88. The highest BCUT2D eigenvalue weighted by atomic mass is 16.6. The number of carbonyl (C=O) groups excluding carboxylic acids is 2. The van der Waals surface area contributed by atoms with Crippen LogP contribution in [0.2, 0.25) is 0 Å². The van der Waals surface area contributed by atoms with E-state index in [1.165, 1.54) is 0 Å². The zero-order valence-corrected chi connectivity index (χ0v) is 9.90. The lowest BCUT2D eigenvalue weighted by atomic mass is 10.2. The topological polar surface area (TPSA) is 72.8 Å². The summed E-state index contributed by atoms with van der Waals surface area (Å²) in [6.07, 6.45) is 0.905. The third kappa shape index (κ3) is 7.23. The number of esters is 2. The average Bonchev–Trinajstić information content (AvgIpc) is 2.25. The molecular weight excluding hydrogens is 212 g/mol. The summed E-state index contributed by atoms with van der Waals surface area (Å²) in [6, 6.07) is 0. The zero-order valence-electron chi connectivity index (χ0n) is 9.90. The quantitative estimate of drug-likeness (QED) is 0.633. The number of aliphatic hydroxyl groups is 1. The first-order valence-electron chi connectivity index (χ1n) is 5.59. The second-order valence-corrected chi connectivity index (χ2v) is 3.42. The van der Waals surface area contributed by atoms with Gasteiger partial charge in [0.05, 0.1) is 26.1 Å². The number of aliphatic hydroxyl groups excluding tert-OH is 1. The van der Waals surface area contributed by atoms with E-state index in [0.717, 1.165) is 6.42 Å². The highest BCUT2D eigenvalue weighted by Crippen LogP contribution is 2.06. The Morgan fingerprint density at radius 1 is 1.25 bits per heavy atom. The molecule has 0 rings (SSSR count). The van der Waals surface area contributed by atoms with Crippen LogP contribution in [-0.4, -0.2) is 36.4 Å². The van der Waals surface area contributed by atoms with Gasteiger partial charge in [-0.2, -0.15) is 0 Å². The summed E-state index contributed by atoms with van der Waals surface area (Å²) in [5.74, 6) is -0.844. The van der Waals surface area contributed by atoms with Gasteiger partial charge < -0.3 is 14.6 Å². The van der Waals surface area contributed by atoms with Crippen molar-refractivity contribution in [1.29, 1.82) is 0 Å². The highest BCUT2D eigenvalue weighted by molar-refractivity contribution is 5.72. The van der Waals surface area contributed by atoms with Crippen molar-refractivity contribution in [3.8, 4) is 0 Å². The van der Waals surface area contributed by atoms with Crippen LogP contribution in [0.25, 0.3) is 0 Å². The molecule has 0 bridgehead atoms. The van der Waals surface area contributed by atoms with Crippen molar-refractivity contribution in [2.45, 2.75) is 45.6 Å². The summed E-state index contributed by atoms with van der Waals surface area (Å²) in [5, 5.41) is 8.53. The SMILES string of the molecule is CCCOC(=O)CC(CC)OC(=O)CCO. The molecule has 0 aliphatic rings. The second-order valence-electron chi connectivity index (χ2n) is 3.42. The fourth-order valence-corrected chi connectivity index (χ4v) is 1.07. The molecule has 0 amide bonds. The fourth-order valence-electron chi connectivity index (χ4n) is 1.07. The van der Waals surface area contributed by atoms with Gasteiger partial charge in [0.15, 0.2) is 0 Å². The lowest BCUT2D eigenvalue weighted by Gasteiger charge is -2.15. The lowest BCUT2D eigenvalue weighted by molar-refractivity contribution is -0.155. The summed E-state index contributed by atoms with van der Waals surface area (Å²) in [7, 11) is 0. The molecule has 16 heavy (non-hydrogen) atoms. The maximum atomic E-state index is 11.2. The van der Waals surface area contributed by atoms with Crippen molar-refractivity contribution in [2.24, 2.45) is 0 Å². The predicted molar refractivity (Wildman–Crippen MR) is 57.7 cm³/mol. The minimum atomic E-state index is -0.488. The first kappa shape index (κ1) is 14.9. The van der Waals surface area contributed by atoms with Crippen LogP contribution in [0.15, 0.2) is 0 Å². The van der Waals surface area contributed by atoms with Gasteiger partial charge in [-0.15, -0.1) is 0 Å². The molecule has 94 valence electrons. The molecule has 0 spiro atoms. The molecule has 0 aromatic carbocycles. The van der Waals surface area contributed by atoms with E-state index < -0.39 is 12.1 Å². The number of ether oxygens (including phenoxy) is 2. The van der Waals surface area contributed by atoms with Crippen molar-refractivity contribution in [3.63, 3.8) is 0 Å². The molecular formula is C11H20O5. The Bertz CT molecular complexity index is 214. The Morgan fingerprint density at radius 2 is 1.94 bits per heavy atom. The molecule has 0 aliphatic carbocycles. The summed E-state index contributed by atoms with van der Waals surface area (Å²) >= 11 is 0. The molecule has 0 aliphatic heterocycles. The van der Waals surface area contributed by atoms with E-state index in [2.05, 4.69) is 0 Å². The fraction of sp³-hybridized carbons (Fsp3) is 0.818. The normalized spacial score (nSPS) is 11.9. The van der Waals surface area contributed by atoms with E-state index in [1.807, 2.05) is 13.8 Å². The Kier molecular flexibility index (Phi) is 8.52. The average molecular weight is 232 g/mol. The Hall–Kier alpha value is -1.10. The number of hydrogen-bond donors (Lipinski definition) is 1. The molecule has 1 atom stereocenters. The van der Waals surface area contributed by atoms with Crippen molar-refractivity contribution < 1.29 is 24.2 Å². The van der Waals surface area contributed by atoms with Crippen LogP contribution in [0.1, 0.15) is 39.5 Å². The summed E-state index contributed by atoms with van der Waals surface area (Å²) in [5.41, 5.74) is 0. The van der Waals surface area contributed by atoms with Crippen LogP contribution in [0.4, 0.5) is 0 Å². The van der Waals surface area contributed by atoms with Gasteiger partial charge in [-0.1, -0.05) is 13.8 Å². The monoisotopic (exact) mass is 232 g/mol. The summed E-state index contributed by atoms with van der Waals surface area (Å²) < 4.78 is 9.88. The maximum absolute atomic E-state index is 11.2. The molecule has 1 unspecified atom stereocenters. The van der Waals surface area contributed by atoms with Crippen molar-refractivity contribution in [3.05, 3.63) is 0 Å². The van der Waals surface area contributed by atoms with E-state index in [9.17, 15) is 9.59 Å². The zero-order chi connectivity index (χ0) is 12.4. The minimum absolute atomic E-state index is 0.0412. The van der Waals surface area contributed by atoms with Crippen molar-refractivity contribution in [2.75, 3.05) is 13.2 Å². The van der Waals surface area contributed by atoms with Crippen LogP contribution >= 0.6 is 0 Å². The highest BCUT2D eigenvalue weighted by Gasteiger charge is 2.17. The van der Waals surface area contributed by atoms with Gasteiger partial charge in [0.1, 0.15) is 6.10 Å². The van der Waals surface area contributed by atoms with Gasteiger partial charge in [-0.3, -0.25) is 9.59 Å². The van der Waals surface area contributed by atoms with Gasteiger partial charge in [-0.25, -0.2) is 0 Å². The molecule has 0 saturated carbocycles. The Morgan fingerprint density at radius 3 is 2.44 bits per heavy atom. The van der Waals surface area contributed by atoms with Gasteiger partial charge in [0, 0.05) is 0 Å². The third-order valence-corrected chi connectivity index (χ3v) is 1.93. The largest absolute Gasteiger partial charge is 0.466 e. The molecule has 0 fully saturated rings. The van der Waals surface area contributed by atoms with Crippen molar-refractivity contribution >= 4 is 11.9 Å².